The van der Waals surface area contributed by atoms with Crippen molar-refractivity contribution in [1.82, 2.24) is 19.8 Å². The molecule has 2 amide bonds. The first-order chi connectivity index (χ1) is 16.4. The number of aromatic hydroxyl groups is 1. The monoisotopic (exact) mass is 486 g/mol. The van der Waals surface area contributed by atoms with Gasteiger partial charge in [-0.15, -0.1) is 0 Å². The third-order valence-electron chi connectivity index (χ3n) is 6.72. The normalized spacial score (nSPS) is 18.8. The second kappa shape index (κ2) is 9.14. The zero-order valence-electron chi connectivity index (χ0n) is 21.1. The number of carbonyl (C=O) groups excluding carboxylic acids is 2. The van der Waals surface area contributed by atoms with Gasteiger partial charge in [0.05, 0.1) is 29.4 Å². The highest BCUT2D eigenvalue weighted by atomic mass is 16.3. The topological polar surface area (TPSA) is 131 Å². The molecule has 4 N–H and O–H groups in total. The third kappa shape index (κ3) is 4.84. The number of amides is 2. The maximum atomic E-state index is 13.3. The van der Waals surface area contributed by atoms with Crippen molar-refractivity contribution in [3.05, 3.63) is 33.3 Å². The number of nitrogens with zero attached hydrogens (tertiary/aromatic N) is 3. The predicted molar refractivity (Wildman–Crippen MR) is 130 cm³/mol. The average molecular weight is 487 g/mol. The minimum absolute atomic E-state index is 0.0359. The van der Waals surface area contributed by atoms with Crippen LogP contribution in [0.5, 0.6) is 5.88 Å². The summed E-state index contributed by atoms with van der Waals surface area (Å²) in [7, 11) is 0. The van der Waals surface area contributed by atoms with Crippen LogP contribution >= 0.6 is 0 Å². The molecule has 1 aliphatic carbocycles. The largest absolute Gasteiger partial charge is 0.477 e. The smallest absolute Gasteiger partial charge is 0.378 e. The van der Waals surface area contributed by atoms with E-state index in [4.69, 9.17) is 0 Å². The fraction of sp³-hybridized carbons (Fsp3) is 0.600. The Kier molecular flexibility index (Phi) is 6.52. The zero-order valence-corrected chi connectivity index (χ0v) is 21.1. The van der Waals surface area contributed by atoms with Crippen LogP contribution in [0.4, 0.5) is 0 Å². The molecule has 3 heterocycles. The number of hydrogen-bond donors (Lipinski definition) is 4. The van der Waals surface area contributed by atoms with Crippen LogP contribution in [0, 0.1) is 12.8 Å². The number of H-pyrrole nitrogens is 1. The fourth-order valence-electron chi connectivity index (χ4n) is 4.86. The van der Waals surface area contributed by atoms with Gasteiger partial charge in [0.1, 0.15) is 0 Å². The molecule has 0 aromatic carbocycles. The molecule has 0 bridgehead atoms. The summed E-state index contributed by atoms with van der Waals surface area (Å²) >= 11 is 0. The SMILES string of the molecule is Cc1[nH]n2c(=O)c(C(=O)NC3CC3)c(O)[n+](CC(C)C)c2c1/C=C/C(=O)N1CCC[C@@H]1C(C)(C)O. The Labute approximate surface area is 204 Å². The number of hydrogen-bond acceptors (Lipinski definition) is 5. The van der Waals surface area contributed by atoms with Crippen LogP contribution in [0.2, 0.25) is 0 Å². The Morgan fingerprint density at radius 2 is 1.97 bits per heavy atom. The van der Waals surface area contributed by atoms with E-state index in [9.17, 15) is 24.6 Å². The fourth-order valence-corrected chi connectivity index (χ4v) is 4.86. The van der Waals surface area contributed by atoms with Gasteiger partial charge < -0.3 is 20.4 Å². The molecule has 2 aromatic heterocycles. The molecule has 190 valence electrons. The maximum Gasteiger partial charge on any atom is 0.378 e. The van der Waals surface area contributed by atoms with Crippen molar-refractivity contribution in [2.75, 3.05) is 6.54 Å². The molecule has 1 atom stereocenters. The maximum absolute atomic E-state index is 13.3. The minimum atomic E-state index is -1.01. The Hall–Kier alpha value is -3.14. The summed E-state index contributed by atoms with van der Waals surface area (Å²) in [5.74, 6) is -1.09. The summed E-state index contributed by atoms with van der Waals surface area (Å²) < 4.78 is 2.82. The van der Waals surface area contributed by atoms with Crippen LogP contribution < -0.4 is 15.4 Å². The van der Waals surface area contributed by atoms with Gasteiger partial charge in [-0.25, -0.2) is 9.89 Å². The number of nitrogens with one attached hydrogen (secondary N) is 2. The molecule has 0 unspecified atom stereocenters. The molecule has 10 heteroatoms. The molecule has 0 radical (unpaired) electrons. The first kappa shape index (κ1) is 25.0. The van der Waals surface area contributed by atoms with Crippen molar-refractivity contribution in [3.8, 4) is 5.88 Å². The molecule has 4 rings (SSSR count). The van der Waals surface area contributed by atoms with Gasteiger partial charge in [0.2, 0.25) is 11.5 Å². The summed E-state index contributed by atoms with van der Waals surface area (Å²) in [6.07, 6.45) is 6.34. The highest BCUT2D eigenvalue weighted by Crippen LogP contribution is 2.27. The van der Waals surface area contributed by atoms with Crippen molar-refractivity contribution in [3.63, 3.8) is 0 Å². The van der Waals surface area contributed by atoms with Gasteiger partial charge in [-0.1, -0.05) is 18.4 Å². The van der Waals surface area contributed by atoms with E-state index in [-0.39, 0.29) is 35.4 Å². The van der Waals surface area contributed by atoms with Crippen LogP contribution in [0.3, 0.4) is 0 Å². The van der Waals surface area contributed by atoms with Gasteiger partial charge in [-0.3, -0.25) is 9.59 Å². The Balaban J connectivity index is 1.79. The molecule has 1 aliphatic heterocycles. The highest BCUT2D eigenvalue weighted by Gasteiger charge is 2.38. The van der Waals surface area contributed by atoms with E-state index in [2.05, 4.69) is 10.4 Å². The predicted octanol–water partition coefficient (Wildman–Crippen LogP) is 1.25. The van der Waals surface area contributed by atoms with Gasteiger partial charge >= 0.3 is 17.1 Å². The van der Waals surface area contributed by atoms with Crippen molar-refractivity contribution in [2.45, 2.75) is 84.5 Å². The van der Waals surface area contributed by atoms with Crippen LogP contribution in [0.25, 0.3) is 11.7 Å². The van der Waals surface area contributed by atoms with Crippen molar-refractivity contribution in [2.24, 2.45) is 5.92 Å². The third-order valence-corrected chi connectivity index (χ3v) is 6.72. The number of aryl methyl sites for hydroxylation is 1. The molecule has 2 aliphatic rings. The number of rotatable bonds is 7. The van der Waals surface area contributed by atoms with Crippen molar-refractivity contribution in [1.29, 1.82) is 0 Å². The number of aromatic amines is 1. The van der Waals surface area contributed by atoms with E-state index in [0.717, 1.165) is 25.7 Å². The highest BCUT2D eigenvalue weighted by molar-refractivity contribution is 5.96. The first-order valence-electron chi connectivity index (χ1n) is 12.3. The number of aliphatic hydroxyl groups is 1. The Bertz CT molecular complexity index is 1250. The summed E-state index contributed by atoms with van der Waals surface area (Å²) in [6, 6.07) is -0.234. The number of carbonyl (C=O) groups is 2. The second-order valence-corrected chi connectivity index (χ2v) is 10.7. The van der Waals surface area contributed by atoms with E-state index in [1.54, 1.807) is 36.3 Å². The minimum Gasteiger partial charge on any atom is -0.477 e. The molecule has 2 fully saturated rings. The molecule has 35 heavy (non-hydrogen) atoms. The molecule has 10 nitrogen and oxygen atoms in total. The zero-order chi connectivity index (χ0) is 25.7. The van der Waals surface area contributed by atoms with Crippen molar-refractivity contribution < 1.29 is 24.4 Å². The van der Waals surface area contributed by atoms with E-state index >= 15 is 0 Å². The number of fused-ring (bicyclic) bond motifs is 1. The van der Waals surface area contributed by atoms with E-state index in [0.29, 0.717) is 30.0 Å². The number of aromatic nitrogens is 3. The van der Waals surface area contributed by atoms with Gasteiger partial charge in [0, 0.05) is 18.7 Å². The molecule has 1 saturated carbocycles. The Morgan fingerprint density at radius 3 is 2.57 bits per heavy atom. The molecular formula is C25H36N5O5+. The summed E-state index contributed by atoms with van der Waals surface area (Å²) in [5, 5.41) is 27.3. The van der Waals surface area contributed by atoms with Gasteiger partial charge in [0.25, 0.3) is 5.91 Å². The molecule has 0 spiro atoms. The lowest BCUT2D eigenvalue weighted by Gasteiger charge is -2.33. The standard InChI is InChI=1S/C25H35N5O5/c1-14(2)13-29-22-17(10-11-19(31)28-12-6-7-18(28)25(4,5)35)15(3)27-30(22)24(34)20(23(29)33)21(32)26-16-8-9-16/h10-11,14,16,18,35H,6-9,12-13H2,1-5H3,(H2,26,32,33,34)/p+1/b11-10+/t18-/m1/s1. The van der Waals surface area contributed by atoms with E-state index < -0.39 is 17.1 Å². The van der Waals surface area contributed by atoms with Crippen LogP contribution in [0.15, 0.2) is 10.9 Å². The lowest BCUT2D eigenvalue weighted by Crippen LogP contribution is -2.47. The van der Waals surface area contributed by atoms with Crippen LogP contribution in [-0.2, 0) is 11.3 Å². The van der Waals surface area contributed by atoms with Crippen LogP contribution in [0.1, 0.15) is 75.0 Å². The van der Waals surface area contributed by atoms with Crippen molar-refractivity contribution >= 4 is 23.5 Å². The van der Waals surface area contributed by atoms with E-state index in [1.165, 1.54) is 10.6 Å². The average Bonchev–Trinajstić information content (AvgIpc) is 3.29. The summed E-state index contributed by atoms with van der Waals surface area (Å²) in [6.45, 7) is 10.1. The van der Waals surface area contributed by atoms with E-state index in [1.807, 2.05) is 13.8 Å². The van der Waals surface area contributed by atoms with Crippen LogP contribution in [-0.4, -0.2) is 60.8 Å². The second-order valence-electron chi connectivity index (χ2n) is 10.7. The van der Waals surface area contributed by atoms with Gasteiger partial charge in [-0.05, 0) is 58.4 Å². The first-order valence-corrected chi connectivity index (χ1v) is 12.3. The Morgan fingerprint density at radius 1 is 1.29 bits per heavy atom. The quantitative estimate of drug-likeness (QED) is 0.346. The summed E-state index contributed by atoms with van der Waals surface area (Å²) in [4.78, 5) is 40.8. The van der Waals surface area contributed by atoms with Gasteiger partial charge in [0.15, 0.2) is 0 Å². The molecular weight excluding hydrogens is 450 g/mol. The molecule has 2 aromatic rings. The molecule has 1 saturated heterocycles. The lowest BCUT2D eigenvalue weighted by atomic mass is 9.96. The summed E-state index contributed by atoms with van der Waals surface area (Å²) in [5.41, 5.74) is -0.388. The number of likely N-dealkylation sites (tertiary alicyclic amines) is 1. The lowest BCUT2D eigenvalue weighted by molar-refractivity contribution is -0.686. The van der Waals surface area contributed by atoms with Gasteiger partial charge in [-0.2, -0.15) is 4.57 Å².